The Hall–Kier alpha value is -0.160. The Morgan fingerprint density at radius 3 is 2.16 bits per heavy atom. The molecule has 0 aromatic carbocycles. The number of rotatable bonds is 10. The Morgan fingerprint density at radius 1 is 1.05 bits per heavy atom. The number of ether oxygens (including phenoxy) is 1. The lowest BCUT2D eigenvalue weighted by Crippen LogP contribution is -2.41. The zero-order valence-corrected chi connectivity index (χ0v) is 13.0. The van der Waals surface area contributed by atoms with Crippen LogP contribution in [0.3, 0.4) is 0 Å². The molecule has 4 nitrogen and oxygen atoms in total. The summed E-state index contributed by atoms with van der Waals surface area (Å²) >= 11 is 0. The molecule has 19 heavy (non-hydrogen) atoms. The predicted molar refractivity (Wildman–Crippen MR) is 79.5 cm³/mol. The van der Waals surface area contributed by atoms with Crippen LogP contribution in [0.4, 0.5) is 0 Å². The Labute approximate surface area is 118 Å². The van der Waals surface area contributed by atoms with Crippen molar-refractivity contribution in [2.24, 2.45) is 5.41 Å². The average Bonchev–Trinajstić information content (AvgIpc) is 2.91. The van der Waals surface area contributed by atoms with Crippen LogP contribution < -0.4 is 0 Å². The maximum Gasteiger partial charge on any atom is 0.0557 e. The second-order valence-corrected chi connectivity index (χ2v) is 5.71. The molecule has 0 aliphatic carbocycles. The second kappa shape index (κ2) is 8.90. The molecular weight excluding hydrogens is 240 g/mol. The van der Waals surface area contributed by atoms with Crippen molar-refractivity contribution in [3.63, 3.8) is 0 Å². The van der Waals surface area contributed by atoms with Gasteiger partial charge in [0, 0.05) is 18.6 Å². The first-order valence-electron chi connectivity index (χ1n) is 7.83. The molecule has 1 aliphatic rings. The van der Waals surface area contributed by atoms with Crippen molar-refractivity contribution in [2.45, 2.75) is 33.6 Å². The maximum atomic E-state index is 9.64. The minimum atomic E-state index is -0.00872. The summed E-state index contributed by atoms with van der Waals surface area (Å²) in [6.07, 6.45) is 2.20. The van der Waals surface area contributed by atoms with Gasteiger partial charge < -0.3 is 19.6 Å². The molecule has 0 aromatic rings. The number of hydrogen-bond acceptors (Lipinski definition) is 4. The van der Waals surface area contributed by atoms with E-state index in [4.69, 9.17) is 4.74 Å². The molecule has 1 aliphatic heterocycles. The summed E-state index contributed by atoms with van der Waals surface area (Å²) in [6, 6.07) is 0. The molecule has 4 heteroatoms. The molecule has 0 saturated carbocycles. The quantitative estimate of drug-likeness (QED) is 0.653. The fraction of sp³-hybridized carbons (Fsp3) is 1.00. The molecule has 1 fully saturated rings. The summed E-state index contributed by atoms with van der Waals surface area (Å²) < 4.78 is 5.48. The van der Waals surface area contributed by atoms with Gasteiger partial charge in [0.2, 0.25) is 0 Å². The summed E-state index contributed by atoms with van der Waals surface area (Å²) in [5.74, 6) is 0. The van der Waals surface area contributed by atoms with Crippen LogP contribution >= 0.6 is 0 Å². The van der Waals surface area contributed by atoms with E-state index in [-0.39, 0.29) is 12.0 Å². The number of aliphatic hydroxyl groups excluding tert-OH is 1. The van der Waals surface area contributed by atoms with E-state index in [0.29, 0.717) is 0 Å². The number of aliphatic hydroxyl groups is 1. The van der Waals surface area contributed by atoms with E-state index in [1.54, 1.807) is 0 Å². The van der Waals surface area contributed by atoms with Gasteiger partial charge in [-0.15, -0.1) is 0 Å². The third-order valence-corrected chi connectivity index (χ3v) is 4.37. The molecule has 1 N–H and O–H groups in total. The summed E-state index contributed by atoms with van der Waals surface area (Å²) in [6.45, 7) is 15.0. The van der Waals surface area contributed by atoms with Crippen LogP contribution in [0.15, 0.2) is 0 Å². The third kappa shape index (κ3) is 5.38. The average molecular weight is 272 g/mol. The van der Waals surface area contributed by atoms with Crippen molar-refractivity contribution >= 4 is 0 Å². The highest BCUT2D eigenvalue weighted by molar-refractivity contribution is 4.85. The van der Waals surface area contributed by atoms with Crippen LogP contribution in [0.1, 0.15) is 33.6 Å². The molecule has 0 aromatic heterocycles. The van der Waals surface area contributed by atoms with E-state index in [1.807, 2.05) is 0 Å². The van der Waals surface area contributed by atoms with Gasteiger partial charge in [-0.3, -0.25) is 0 Å². The molecule has 0 amide bonds. The van der Waals surface area contributed by atoms with Gasteiger partial charge in [0.25, 0.3) is 0 Å². The first-order valence-corrected chi connectivity index (χ1v) is 7.83. The van der Waals surface area contributed by atoms with Gasteiger partial charge >= 0.3 is 0 Å². The lowest BCUT2D eigenvalue weighted by Gasteiger charge is -2.32. The molecule has 1 saturated heterocycles. The Morgan fingerprint density at radius 2 is 1.68 bits per heavy atom. The highest BCUT2D eigenvalue weighted by Gasteiger charge is 2.35. The van der Waals surface area contributed by atoms with Crippen molar-refractivity contribution in [3.8, 4) is 0 Å². The Balaban J connectivity index is 2.32. The predicted octanol–water partition coefficient (Wildman–Crippen LogP) is 1.44. The molecule has 0 spiro atoms. The largest absolute Gasteiger partial charge is 0.396 e. The SMILES string of the molecule is CCN(CC)CCCN(CC)CC1(CO)CCOC1. The van der Waals surface area contributed by atoms with Crippen molar-refractivity contribution in [2.75, 3.05) is 59.1 Å². The fourth-order valence-corrected chi connectivity index (χ4v) is 2.83. The topological polar surface area (TPSA) is 35.9 Å². The van der Waals surface area contributed by atoms with E-state index in [0.717, 1.165) is 52.4 Å². The molecule has 0 radical (unpaired) electrons. The Kier molecular flexibility index (Phi) is 7.91. The molecule has 1 rings (SSSR count). The van der Waals surface area contributed by atoms with E-state index in [9.17, 15) is 5.11 Å². The zero-order chi connectivity index (χ0) is 14.1. The van der Waals surface area contributed by atoms with E-state index in [2.05, 4.69) is 30.6 Å². The van der Waals surface area contributed by atoms with Gasteiger partial charge in [-0.05, 0) is 45.6 Å². The van der Waals surface area contributed by atoms with Crippen molar-refractivity contribution in [3.05, 3.63) is 0 Å². The van der Waals surface area contributed by atoms with Gasteiger partial charge in [-0.25, -0.2) is 0 Å². The van der Waals surface area contributed by atoms with Gasteiger partial charge in [0.05, 0.1) is 13.2 Å². The first kappa shape index (κ1) is 16.9. The maximum absolute atomic E-state index is 9.64. The zero-order valence-electron chi connectivity index (χ0n) is 13.0. The molecule has 114 valence electrons. The van der Waals surface area contributed by atoms with Crippen LogP contribution in [0.5, 0.6) is 0 Å². The van der Waals surface area contributed by atoms with Gasteiger partial charge in [-0.1, -0.05) is 20.8 Å². The normalized spacial score (nSPS) is 23.7. The summed E-state index contributed by atoms with van der Waals surface area (Å²) in [4.78, 5) is 4.93. The lowest BCUT2D eigenvalue weighted by molar-refractivity contribution is 0.0570. The number of hydrogen-bond donors (Lipinski definition) is 1. The summed E-state index contributed by atoms with van der Waals surface area (Å²) in [7, 11) is 0. The summed E-state index contributed by atoms with van der Waals surface area (Å²) in [5, 5.41) is 9.64. The number of nitrogens with zero attached hydrogens (tertiary/aromatic N) is 2. The van der Waals surface area contributed by atoms with Crippen LogP contribution in [0.2, 0.25) is 0 Å². The first-order chi connectivity index (χ1) is 9.19. The van der Waals surface area contributed by atoms with Gasteiger partial charge in [-0.2, -0.15) is 0 Å². The highest BCUT2D eigenvalue weighted by atomic mass is 16.5. The Bertz CT molecular complexity index is 226. The molecule has 1 atom stereocenters. The molecule has 1 heterocycles. The van der Waals surface area contributed by atoms with Crippen LogP contribution in [-0.2, 0) is 4.74 Å². The highest BCUT2D eigenvalue weighted by Crippen LogP contribution is 2.29. The van der Waals surface area contributed by atoms with Crippen LogP contribution in [-0.4, -0.2) is 74.0 Å². The van der Waals surface area contributed by atoms with Crippen molar-refractivity contribution in [1.82, 2.24) is 9.80 Å². The van der Waals surface area contributed by atoms with E-state index >= 15 is 0 Å². The van der Waals surface area contributed by atoms with Gasteiger partial charge in [0.15, 0.2) is 0 Å². The minimum absolute atomic E-state index is 0.00872. The van der Waals surface area contributed by atoms with Crippen molar-refractivity contribution in [1.29, 1.82) is 0 Å². The van der Waals surface area contributed by atoms with E-state index < -0.39 is 0 Å². The monoisotopic (exact) mass is 272 g/mol. The molecule has 0 bridgehead atoms. The molecular formula is C15H32N2O2. The van der Waals surface area contributed by atoms with E-state index in [1.165, 1.54) is 13.0 Å². The van der Waals surface area contributed by atoms with Crippen LogP contribution in [0.25, 0.3) is 0 Å². The van der Waals surface area contributed by atoms with Crippen LogP contribution in [0, 0.1) is 5.41 Å². The van der Waals surface area contributed by atoms with Gasteiger partial charge in [0.1, 0.15) is 0 Å². The standard InChI is InChI=1S/C15H32N2O2/c1-4-16(5-2)9-7-10-17(6-3)12-15(13-18)8-11-19-14-15/h18H,4-14H2,1-3H3. The second-order valence-electron chi connectivity index (χ2n) is 5.71. The minimum Gasteiger partial charge on any atom is -0.396 e. The smallest absolute Gasteiger partial charge is 0.0557 e. The fourth-order valence-electron chi connectivity index (χ4n) is 2.83. The lowest BCUT2D eigenvalue weighted by atomic mass is 9.87. The third-order valence-electron chi connectivity index (χ3n) is 4.37. The summed E-state index contributed by atoms with van der Waals surface area (Å²) in [5.41, 5.74) is -0.00872. The van der Waals surface area contributed by atoms with Crippen molar-refractivity contribution < 1.29 is 9.84 Å². The molecule has 1 unspecified atom stereocenters.